The molecule has 5 nitrogen and oxygen atoms in total. The average Bonchev–Trinajstić information content (AvgIpc) is 2.92. The number of ether oxygens (including phenoxy) is 1. The Hall–Kier alpha value is -2.02. The molecule has 0 aliphatic heterocycles. The molecule has 1 aromatic heterocycles. The Morgan fingerprint density at radius 1 is 1.25 bits per heavy atom. The van der Waals surface area contributed by atoms with Gasteiger partial charge in [0.1, 0.15) is 17.9 Å². The van der Waals surface area contributed by atoms with Gasteiger partial charge < -0.3 is 10.1 Å². The van der Waals surface area contributed by atoms with Crippen LogP contribution in [0, 0.1) is 0 Å². The number of nitrogens with zero attached hydrogens (tertiary/aromatic N) is 2. The molecule has 0 saturated carbocycles. The summed E-state index contributed by atoms with van der Waals surface area (Å²) in [5.74, 6) is 0.871. The zero-order valence-electron chi connectivity index (χ0n) is 11.2. The molecule has 0 aliphatic carbocycles. The number of nitrogens with one attached hydrogen (secondary N) is 2. The van der Waals surface area contributed by atoms with Gasteiger partial charge in [-0.1, -0.05) is 12.1 Å². The van der Waals surface area contributed by atoms with Gasteiger partial charge >= 0.3 is 6.61 Å². The van der Waals surface area contributed by atoms with Gasteiger partial charge in [-0.3, -0.25) is 5.10 Å². The Morgan fingerprint density at radius 2 is 2.05 bits per heavy atom. The molecule has 2 N–H and O–H groups in total. The number of aromatic nitrogens is 3. The summed E-state index contributed by atoms with van der Waals surface area (Å²) in [5, 5.41) is 9.88. The molecular weight excluding hydrogens is 266 g/mol. The number of hydrogen-bond donors (Lipinski definition) is 2. The van der Waals surface area contributed by atoms with Crippen LogP contribution in [0.3, 0.4) is 0 Å². The molecule has 2 unspecified atom stereocenters. The molecule has 7 heteroatoms. The van der Waals surface area contributed by atoms with Gasteiger partial charge in [0.2, 0.25) is 0 Å². The average molecular weight is 282 g/mol. The summed E-state index contributed by atoms with van der Waals surface area (Å²) < 4.78 is 28.8. The minimum absolute atomic E-state index is 0.0350. The lowest BCUT2D eigenvalue weighted by atomic mass is 10.1. The van der Waals surface area contributed by atoms with E-state index in [2.05, 4.69) is 25.2 Å². The SMILES string of the molecule is CC(NC(C)c1ncn[nH]1)c1cccc(OC(F)F)c1. The van der Waals surface area contributed by atoms with E-state index in [1.54, 1.807) is 12.1 Å². The van der Waals surface area contributed by atoms with E-state index < -0.39 is 6.61 Å². The quantitative estimate of drug-likeness (QED) is 0.855. The standard InChI is InChI=1S/C13H16F2N4O/c1-8(18-9(2)12-16-7-17-19-12)10-4-3-5-11(6-10)20-13(14)15/h3-9,13,18H,1-2H3,(H,16,17,19). The maximum Gasteiger partial charge on any atom is 0.387 e. The summed E-state index contributed by atoms with van der Waals surface area (Å²) >= 11 is 0. The monoisotopic (exact) mass is 282 g/mol. The van der Waals surface area contributed by atoms with Crippen LogP contribution < -0.4 is 10.1 Å². The lowest BCUT2D eigenvalue weighted by Crippen LogP contribution is -2.23. The molecule has 0 spiro atoms. The summed E-state index contributed by atoms with van der Waals surface area (Å²) in [6.07, 6.45) is 1.44. The van der Waals surface area contributed by atoms with Crippen molar-refractivity contribution >= 4 is 0 Å². The Labute approximate surface area is 115 Å². The minimum Gasteiger partial charge on any atom is -0.435 e. The minimum atomic E-state index is -2.82. The van der Waals surface area contributed by atoms with Crippen molar-refractivity contribution in [3.8, 4) is 5.75 Å². The third kappa shape index (κ3) is 3.74. The maximum absolute atomic E-state index is 12.2. The summed E-state index contributed by atoms with van der Waals surface area (Å²) in [6.45, 7) is 1.06. The molecule has 0 saturated heterocycles. The van der Waals surface area contributed by atoms with E-state index in [-0.39, 0.29) is 17.8 Å². The summed E-state index contributed by atoms with van der Waals surface area (Å²) in [4.78, 5) is 4.07. The van der Waals surface area contributed by atoms with E-state index in [1.165, 1.54) is 12.4 Å². The number of alkyl halides is 2. The fourth-order valence-electron chi connectivity index (χ4n) is 1.93. The molecule has 0 radical (unpaired) electrons. The van der Waals surface area contributed by atoms with Crippen molar-refractivity contribution in [1.29, 1.82) is 0 Å². The highest BCUT2D eigenvalue weighted by Crippen LogP contribution is 2.22. The molecule has 2 aromatic rings. The van der Waals surface area contributed by atoms with Gasteiger partial charge in [-0.05, 0) is 31.5 Å². The van der Waals surface area contributed by atoms with Crippen molar-refractivity contribution in [2.75, 3.05) is 0 Å². The lowest BCUT2D eigenvalue weighted by molar-refractivity contribution is -0.0499. The summed E-state index contributed by atoms with van der Waals surface area (Å²) in [7, 11) is 0. The Kier molecular flexibility index (Phi) is 4.62. The van der Waals surface area contributed by atoms with Crippen molar-refractivity contribution < 1.29 is 13.5 Å². The van der Waals surface area contributed by atoms with E-state index in [9.17, 15) is 8.78 Å². The third-order valence-electron chi connectivity index (χ3n) is 2.93. The lowest BCUT2D eigenvalue weighted by Gasteiger charge is -2.19. The molecule has 2 atom stereocenters. The fourth-order valence-corrected chi connectivity index (χ4v) is 1.93. The highest BCUT2D eigenvalue weighted by molar-refractivity contribution is 5.30. The highest BCUT2D eigenvalue weighted by atomic mass is 19.3. The normalized spacial score (nSPS) is 14.2. The number of H-pyrrole nitrogens is 1. The first kappa shape index (κ1) is 14.4. The van der Waals surface area contributed by atoms with Crippen LogP contribution in [0.5, 0.6) is 5.75 Å². The molecular formula is C13H16F2N4O. The van der Waals surface area contributed by atoms with Gasteiger partial charge in [-0.25, -0.2) is 4.98 Å². The van der Waals surface area contributed by atoms with E-state index in [0.717, 1.165) is 11.4 Å². The second-order valence-electron chi connectivity index (χ2n) is 4.43. The maximum atomic E-state index is 12.2. The molecule has 1 aromatic carbocycles. The van der Waals surface area contributed by atoms with Gasteiger partial charge in [0.15, 0.2) is 0 Å². The molecule has 1 heterocycles. The van der Waals surface area contributed by atoms with Gasteiger partial charge in [0.05, 0.1) is 6.04 Å². The third-order valence-corrected chi connectivity index (χ3v) is 2.93. The Bertz CT molecular complexity index is 533. The number of halogens is 2. The van der Waals surface area contributed by atoms with Crippen LogP contribution in [0.4, 0.5) is 8.78 Å². The van der Waals surface area contributed by atoms with Crippen molar-refractivity contribution in [2.45, 2.75) is 32.5 Å². The van der Waals surface area contributed by atoms with E-state index in [0.29, 0.717) is 0 Å². The van der Waals surface area contributed by atoms with Crippen molar-refractivity contribution in [1.82, 2.24) is 20.5 Å². The first-order valence-electron chi connectivity index (χ1n) is 6.22. The van der Waals surface area contributed by atoms with Crippen LogP contribution in [0.1, 0.15) is 37.3 Å². The van der Waals surface area contributed by atoms with Gasteiger partial charge in [-0.15, -0.1) is 0 Å². The van der Waals surface area contributed by atoms with Crippen molar-refractivity contribution in [3.05, 3.63) is 42.0 Å². The van der Waals surface area contributed by atoms with Gasteiger partial charge in [0, 0.05) is 6.04 Å². The Balaban J connectivity index is 2.03. The number of aromatic amines is 1. The van der Waals surface area contributed by atoms with E-state index >= 15 is 0 Å². The fraction of sp³-hybridized carbons (Fsp3) is 0.385. The summed E-state index contributed by atoms with van der Waals surface area (Å²) in [5.41, 5.74) is 0.856. The molecule has 0 amide bonds. The first-order chi connectivity index (χ1) is 9.56. The number of hydrogen-bond acceptors (Lipinski definition) is 4. The van der Waals surface area contributed by atoms with Gasteiger partial charge in [-0.2, -0.15) is 13.9 Å². The molecule has 20 heavy (non-hydrogen) atoms. The topological polar surface area (TPSA) is 62.8 Å². The molecule has 108 valence electrons. The van der Waals surface area contributed by atoms with Crippen LogP contribution in [0.15, 0.2) is 30.6 Å². The molecule has 0 bridgehead atoms. The zero-order chi connectivity index (χ0) is 14.5. The molecule has 2 rings (SSSR count). The second-order valence-corrected chi connectivity index (χ2v) is 4.43. The second kappa shape index (κ2) is 6.42. The van der Waals surface area contributed by atoms with Crippen molar-refractivity contribution in [2.24, 2.45) is 0 Å². The van der Waals surface area contributed by atoms with Gasteiger partial charge in [0.25, 0.3) is 0 Å². The first-order valence-corrected chi connectivity index (χ1v) is 6.22. The predicted molar refractivity (Wildman–Crippen MR) is 69.4 cm³/mol. The van der Waals surface area contributed by atoms with Crippen LogP contribution in [-0.2, 0) is 0 Å². The van der Waals surface area contributed by atoms with E-state index in [4.69, 9.17) is 0 Å². The molecule has 0 fully saturated rings. The number of benzene rings is 1. The summed E-state index contributed by atoms with van der Waals surface area (Å²) in [6, 6.07) is 6.55. The van der Waals surface area contributed by atoms with E-state index in [1.807, 2.05) is 19.9 Å². The largest absolute Gasteiger partial charge is 0.435 e. The van der Waals surface area contributed by atoms with Crippen LogP contribution >= 0.6 is 0 Å². The van der Waals surface area contributed by atoms with Crippen LogP contribution in [0.2, 0.25) is 0 Å². The smallest absolute Gasteiger partial charge is 0.387 e. The predicted octanol–water partition coefficient (Wildman–Crippen LogP) is 2.82. The zero-order valence-corrected chi connectivity index (χ0v) is 11.2. The molecule has 0 aliphatic rings. The van der Waals surface area contributed by atoms with Crippen LogP contribution in [-0.4, -0.2) is 21.8 Å². The Morgan fingerprint density at radius 3 is 2.70 bits per heavy atom. The number of rotatable bonds is 6. The van der Waals surface area contributed by atoms with Crippen LogP contribution in [0.25, 0.3) is 0 Å². The van der Waals surface area contributed by atoms with Crippen molar-refractivity contribution in [3.63, 3.8) is 0 Å². The highest BCUT2D eigenvalue weighted by Gasteiger charge is 2.14.